The van der Waals surface area contributed by atoms with Gasteiger partial charge in [-0.25, -0.2) is 4.39 Å². The first kappa shape index (κ1) is 6.02. The maximum atomic E-state index is 12.2. The molecule has 1 atom stereocenters. The number of halogens is 1. The van der Waals surface area contributed by atoms with Gasteiger partial charge in [0.1, 0.15) is 0 Å². The average molecular weight is 117 g/mol. The van der Waals surface area contributed by atoms with E-state index in [4.69, 9.17) is 5.11 Å². The summed E-state index contributed by atoms with van der Waals surface area (Å²) in [7, 11) is 0. The van der Waals surface area contributed by atoms with Gasteiger partial charge in [0.2, 0.25) is 0 Å². The highest BCUT2D eigenvalue weighted by atomic mass is 19.1. The molecule has 0 amide bonds. The van der Waals surface area contributed by atoms with E-state index in [0.717, 1.165) is 12.8 Å². The first-order valence-corrected chi connectivity index (χ1v) is 3.00. The highest BCUT2D eigenvalue weighted by Gasteiger charge is 2.22. The van der Waals surface area contributed by atoms with Gasteiger partial charge < -0.3 is 5.11 Å². The second kappa shape index (κ2) is 2.44. The minimum atomic E-state index is -0.747. The van der Waals surface area contributed by atoms with E-state index in [1.807, 2.05) is 0 Å². The highest BCUT2D eigenvalue weighted by Crippen LogP contribution is 2.26. The van der Waals surface area contributed by atoms with Crippen LogP contribution in [0.15, 0.2) is 0 Å². The van der Waals surface area contributed by atoms with Crippen molar-refractivity contribution in [3.8, 4) is 0 Å². The van der Waals surface area contributed by atoms with Crippen LogP contribution in [0, 0.1) is 6.17 Å². The van der Waals surface area contributed by atoms with Crippen LogP contribution in [0.4, 0.5) is 4.39 Å². The third kappa shape index (κ3) is 1.19. The fourth-order valence-electron chi connectivity index (χ4n) is 0.955. The zero-order valence-corrected chi connectivity index (χ0v) is 4.73. The number of rotatable bonds is 0. The van der Waals surface area contributed by atoms with Crippen molar-refractivity contribution in [2.24, 2.45) is 0 Å². The second-order valence-electron chi connectivity index (χ2n) is 2.21. The summed E-state index contributed by atoms with van der Waals surface area (Å²) < 4.78 is 12.2. The van der Waals surface area contributed by atoms with E-state index in [1.165, 1.54) is 0 Å². The first-order valence-electron chi connectivity index (χ1n) is 3.00. The van der Waals surface area contributed by atoms with E-state index in [-0.39, 0.29) is 6.17 Å². The van der Waals surface area contributed by atoms with E-state index in [1.54, 1.807) is 0 Å². The van der Waals surface area contributed by atoms with Gasteiger partial charge in [0, 0.05) is 0 Å². The Morgan fingerprint density at radius 1 is 1.50 bits per heavy atom. The molecule has 1 aliphatic carbocycles. The van der Waals surface area contributed by atoms with Crippen molar-refractivity contribution in [1.29, 1.82) is 0 Å². The molecule has 0 aromatic heterocycles. The lowest BCUT2D eigenvalue weighted by molar-refractivity contribution is 0.106. The molecule has 8 heavy (non-hydrogen) atoms. The predicted molar refractivity (Wildman–Crippen MR) is 28.8 cm³/mol. The third-order valence-corrected chi connectivity index (χ3v) is 1.50. The van der Waals surface area contributed by atoms with E-state index in [2.05, 4.69) is 0 Å². The van der Waals surface area contributed by atoms with Crippen LogP contribution in [0.2, 0.25) is 0 Å². The first-order chi connectivity index (χ1) is 3.80. The molecule has 1 fully saturated rings. The molecule has 1 rings (SSSR count). The lowest BCUT2D eigenvalue weighted by atomic mass is 9.96. The molecule has 0 spiro atoms. The smallest absolute Gasteiger partial charge is 0.172 e. The standard InChI is InChI=1S/C6H10FO/c7-5-3-1-2-4-6(5)8/h6,8H,1-4H2. The lowest BCUT2D eigenvalue weighted by Crippen LogP contribution is -2.18. The predicted octanol–water partition coefficient (Wildman–Crippen LogP) is 1.42. The summed E-state index contributed by atoms with van der Waals surface area (Å²) in [5.74, 6) is 0. The van der Waals surface area contributed by atoms with Crippen LogP contribution in [-0.4, -0.2) is 11.2 Å². The van der Waals surface area contributed by atoms with Gasteiger partial charge in [0.25, 0.3) is 0 Å². The molecule has 47 valence electrons. The van der Waals surface area contributed by atoms with Gasteiger partial charge in [-0.2, -0.15) is 0 Å². The summed E-state index contributed by atoms with van der Waals surface area (Å²) in [6.07, 6.45) is 1.99. The van der Waals surface area contributed by atoms with Gasteiger partial charge in [-0.3, -0.25) is 0 Å². The summed E-state index contributed by atoms with van der Waals surface area (Å²) in [6.45, 7) is 0. The Kier molecular flexibility index (Phi) is 1.84. The van der Waals surface area contributed by atoms with Crippen molar-refractivity contribution in [1.82, 2.24) is 0 Å². The van der Waals surface area contributed by atoms with E-state index < -0.39 is 6.10 Å². The molecule has 2 heteroatoms. The Labute approximate surface area is 48.5 Å². The van der Waals surface area contributed by atoms with Gasteiger partial charge >= 0.3 is 0 Å². The van der Waals surface area contributed by atoms with E-state index in [9.17, 15) is 4.39 Å². The van der Waals surface area contributed by atoms with Gasteiger partial charge in [0.15, 0.2) is 6.17 Å². The van der Waals surface area contributed by atoms with Crippen LogP contribution in [0.1, 0.15) is 25.7 Å². The molecule has 0 aromatic carbocycles. The molecule has 1 nitrogen and oxygen atoms in total. The quantitative estimate of drug-likeness (QED) is 0.508. The maximum Gasteiger partial charge on any atom is 0.172 e. The fraction of sp³-hybridized carbons (Fsp3) is 0.833. The lowest BCUT2D eigenvalue weighted by Gasteiger charge is -2.18. The molecule has 0 bridgehead atoms. The molecule has 0 aromatic rings. The summed E-state index contributed by atoms with van der Waals surface area (Å²) in [5.41, 5.74) is 0. The molecular weight excluding hydrogens is 107 g/mol. The zero-order valence-electron chi connectivity index (χ0n) is 4.73. The van der Waals surface area contributed by atoms with Crippen molar-refractivity contribution in [2.45, 2.75) is 31.8 Å². The molecule has 1 saturated carbocycles. The molecule has 1 N–H and O–H groups in total. The van der Waals surface area contributed by atoms with Gasteiger partial charge in [-0.1, -0.05) is 6.42 Å². The van der Waals surface area contributed by atoms with Crippen LogP contribution < -0.4 is 0 Å². The van der Waals surface area contributed by atoms with Crippen LogP contribution in [0.3, 0.4) is 0 Å². The van der Waals surface area contributed by atoms with Crippen molar-refractivity contribution < 1.29 is 9.50 Å². The van der Waals surface area contributed by atoms with Crippen LogP contribution in [0.5, 0.6) is 0 Å². The number of hydrogen-bond donors (Lipinski definition) is 1. The van der Waals surface area contributed by atoms with E-state index >= 15 is 0 Å². The monoisotopic (exact) mass is 117 g/mol. The largest absolute Gasteiger partial charge is 0.390 e. The topological polar surface area (TPSA) is 20.2 Å². The number of aliphatic hydroxyl groups is 1. The van der Waals surface area contributed by atoms with Crippen LogP contribution in [0.25, 0.3) is 0 Å². The summed E-state index contributed by atoms with van der Waals surface area (Å²) >= 11 is 0. The number of aliphatic hydroxyl groups excluding tert-OH is 1. The fourth-order valence-corrected chi connectivity index (χ4v) is 0.955. The van der Waals surface area contributed by atoms with Crippen molar-refractivity contribution in [3.63, 3.8) is 0 Å². The number of hydrogen-bond acceptors (Lipinski definition) is 1. The summed E-state index contributed by atoms with van der Waals surface area (Å²) in [4.78, 5) is 0. The van der Waals surface area contributed by atoms with Gasteiger partial charge in [-0.15, -0.1) is 0 Å². The Hall–Kier alpha value is -0.110. The molecule has 0 saturated heterocycles. The van der Waals surface area contributed by atoms with Crippen molar-refractivity contribution in [2.75, 3.05) is 0 Å². The SMILES string of the molecule is OC1CCCC[C]1F. The maximum absolute atomic E-state index is 12.2. The molecule has 1 aliphatic rings. The Bertz CT molecular complexity index is 64.9. The summed E-state index contributed by atoms with van der Waals surface area (Å²) in [6, 6.07) is 0. The molecule has 1 unspecified atom stereocenters. The average Bonchev–Trinajstić information content (AvgIpc) is 1.77. The van der Waals surface area contributed by atoms with E-state index in [0.29, 0.717) is 12.8 Å². The van der Waals surface area contributed by atoms with Gasteiger partial charge in [-0.05, 0) is 19.3 Å². The Balaban J connectivity index is 2.28. The Morgan fingerprint density at radius 2 is 2.25 bits per heavy atom. The Morgan fingerprint density at radius 3 is 2.62 bits per heavy atom. The van der Waals surface area contributed by atoms with Crippen LogP contribution in [-0.2, 0) is 0 Å². The molecule has 1 radical (unpaired) electrons. The summed E-state index contributed by atoms with van der Waals surface area (Å²) in [5, 5.41) is 8.77. The molecule has 0 heterocycles. The minimum absolute atomic E-state index is 0.226. The second-order valence-corrected chi connectivity index (χ2v) is 2.21. The molecular formula is C6H10FO. The third-order valence-electron chi connectivity index (χ3n) is 1.50. The van der Waals surface area contributed by atoms with Gasteiger partial charge in [0.05, 0.1) is 6.10 Å². The van der Waals surface area contributed by atoms with Crippen molar-refractivity contribution >= 4 is 0 Å². The normalized spacial score (nSPS) is 33.0. The minimum Gasteiger partial charge on any atom is -0.390 e. The highest BCUT2D eigenvalue weighted by molar-refractivity contribution is 4.88. The molecule has 0 aliphatic heterocycles. The zero-order chi connectivity index (χ0) is 5.98. The van der Waals surface area contributed by atoms with Crippen LogP contribution >= 0.6 is 0 Å². The van der Waals surface area contributed by atoms with Crippen molar-refractivity contribution in [3.05, 3.63) is 6.17 Å².